The van der Waals surface area contributed by atoms with Crippen LogP contribution in [0.1, 0.15) is 49.9 Å². The van der Waals surface area contributed by atoms with Gasteiger partial charge in [0.1, 0.15) is 0 Å². The highest BCUT2D eigenvalue weighted by Gasteiger charge is 2.11. The molecule has 0 amide bonds. The van der Waals surface area contributed by atoms with Crippen LogP contribution in [-0.4, -0.2) is 17.8 Å². The number of thiophene rings is 1. The first-order chi connectivity index (χ1) is 8.02. The van der Waals surface area contributed by atoms with Gasteiger partial charge in [0.05, 0.1) is 6.10 Å². The predicted octanol–water partition coefficient (Wildman–Crippen LogP) is 3.37. The van der Waals surface area contributed by atoms with Gasteiger partial charge in [-0.1, -0.05) is 20.8 Å². The van der Waals surface area contributed by atoms with Crippen molar-refractivity contribution in [3.05, 3.63) is 21.9 Å². The van der Waals surface area contributed by atoms with Crippen LogP contribution in [0.25, 0.3) is 0 Å². The van der Waals surface area contributed by atoms with Crippen molar-refractivity contribution in [2.75, 3.05) is 6.54 Å². The van der Waals surface area contributed by atoms with Gasteiger partial charge in [0, 0.05) is 22.3 Å². The van der Waals surface area contributed by atoms with Gasteiger partial charge < -0.3 is 10.4 Å². The van der Waals surface area contributed by atoms with E-state index in [0.29, 0.717) is 18.5 Å². The molecule has 98 valence electrons. The maximum absolute atomic E-state index is 9.81. The van der Waals surface area contributed by atoms with E-state index >= 15 is 0 Å². The smallest absolute Gasteiger partial charge is 0.0667 e. The molecule has 1 heterocycles. The van der Waals surface area contributed by atoms with E-state index in [1.54, 1.807) is 0 Å². The molecule has 2 atom stereocenters. The van der Waals surface area contributed by atoms with Crippen LogP contribution >= 0.6 is 11.3 Å². The molecule has 0 saturated heterocycles. The summed E-state index contributed by atoms with van der Waals surface area (Å²) in [7, 11) is 0. The van der Waals surface area contributed by atoms with E-state index in [4.69, 9.17) is 0 Å². The zero-order valence-corrected chi connectivity index (χ0v) is 12.2. The van der Waals surface area contributed by atoms with Gasteiger partial charge in [-0.2, -0.15) is 0 Å². The van der Waals surface area contributed by atoms with Crippen molar-refractivity contribution in [1.82, 2.24) is 5.32 Å². The summed E-state index contributed by atoms with van der Waals surface area (Å²) in [4.78, 5) is 2.79. The minimum atomic E-state index is -0.233. The standard InChI is InChI=1S/C14H25NOS/c1-5-13-6-7-14(17-13)11(4)15-9-12(16)8-10(2)3/h6-7,10-12,15-16H,5,8-9H2,1-4H3. The van der Waals surface area contributed by atoms with E-state index in [-0.39, 0.29) is 6.10 Å². The molecule has 0 fully saturated rings. The molecule has 0 aliphatic carbocycles. The van der Waals surface area contributed by atoms with Crippen LogP contribution in [0, 0.1) is 5.92 Å². The second-order valence-corrected chi connectivity index (χ2v) is 6.27. The van der Waals surface area contributed by atoms with Gasteiger partial charge in [-0.25, -0.2) is 0 Å². The molecule has 0 aromatic carbocycles. The fourth-order valence-electron chi connectivity index (χ4n) is 1.86. The lowest BCUT2D eigenvalue weighted by atomic mass is 10.1. The number of hydrogen-bond donors (Lipinski definition) is 2. The maximum Gasteiger partial charge on any atom is 0.0667 e. The summed E-state index contributed by atoms with van der Waals surface area (Å²) < 4.78 is 0. The summed E-state index contributed by atoms with van der Waals surface area (Å²) in [6, 6.07) is 4.72. The van der Waals surface area contributed by atoms with Crippen molar-refractivity contribution >= 4 is 11.3 Å². The van der Waals surface area contributed by atoms with Crippen molar-refractivity contribution in [3.8, 4) is 0 Å². The molecular weight excluding hydrogens is 230 g/mol. The van der Waals surface area contributed by atoms with Crippen LogP contribution < -0.4 is 5.32 Å². The molecule has 1 aromatic heterocycles. The third kappa shape index (κ3) is 5.19. The highest BCUT2D eigenvalue weighted by molar-refractivity contribution is 7.12. The number of aryl methyl sites for hydroxylation is 1. The van der Waals surface area contributed by atoms with Crippen LogP contribution in [0.5, 0.6) is 0 Å². The molecular formula is C14H25NOS. The molecule has 2 unspecified atom stereocenters. The average molecular weight is 255 g/mol. The number of aliphatic hydroxyl groups is 1. The van der Waals surface area contributed by atoms with E-state index in [2.05, 4.69) is 45.1 Å². The van der Waals surface area contributed by atoms with Gasteiger partial charge in [-0.15, -0.1) is 11.3 Å². The SMILES string of the molecule is CCc1ccc(C(C)NCC(O)CC(C)C)s1. The Morgan fingerprint density at radius 3 is 2.53 bits per heavy atom. The van der Waals surface area contributed by atoms with Crippen LogP contribution in [0.15, 0.2) is 12.1 Å². The minimum absolute atomic E-state index is 0.233. The number of nitrogens with one attached hydrogen (secondary N) is 1. The summed E-state index contributed by atoms with van der Waals surface area (Å²) in [5.41, 5.74) is 0. The molecule has 3 heteroatoms. The molecule has 2 nitrogen and oxygen atoms in total. The van der Waals surface area contributed by atoms with E-state index in [1.807, 2.05) is 11.3 Å². The van der Waals surface area contributed by atoms with Crippen molar-refractivity contribution in [1.29, 1.82) is 0 Å². The lowest BCUT2D eigenvalue weighted by molar-refractivity contribution is 0.143. The first kappa shape index (κ1) is 14.7. The Labute approximate surface area is 109 Å². The Morgan fingerprint density at radius 2 is 2.00 bits per heavy atom. The third-order valence-corrected chi connectivity index (χ3v) is 4.27. The topological polar surface area (TPSA) is 32.3 Å². The normalized spacial score (nSPS) is 15.2. The van der Waals surface area contributed by atoms with Crippen LogP contribution in [-0.2, 0) is 6.42 Å². The Bertz CT molecular complexity index is 322. The molecule has 0 spiro atoms. The van der Waals surface area contributed by atoms with Gasteiger partial charge >= 0.3 is 0 Å². The molecule has 2 N–H and O–H groups in total. The Morgan fingerprint density at radius 1 is 1.29 bits per heavy atom. The van der Waals surface area contributed by atoms with E-state index < -0.39 is 0 Å². The zero-order chi connectivity index (χ0) is 12.8. The molecule has 0 aliphatic heterocycles. The van der Waals surface area contributed by atoms with Crippen molar-refractivity contribution in [2.45, 2.75) is 52.7 Å². The van der Waals surface area contributed by atoms with Crippen LogP contribution in [0.2, 0.25) is 0 Å². The van der Waals surface area contributed by atoms with Crippen LogP contribution in [0.3, 0.4) is 0 Å². The zero-order valence-electron chi connectivity index (χ0n) is 11.4. The molecule has 0 aliphatic rings. The summed E-state index contributed by atoms with van der Waals surface area (Å²) in [6.07, 6.45) is 1.74. The van der Waals surface area contributed by atoms with Crippen molar-refractivity contribution in [2.24, 2.45) is 5.92 Å². The minimum Gasteiger partial charge on any atom is -0.392 e. The highest BCUT2D eigenvalue weighted by atomic mass is 32.1. The summed E-state index contributed by atoms with van der Waals surface area (Å²) in [5, 5.41) is 13.2. The quantitative estimate of drug-likeness (QED) is 0.783. The Hall–Kier alpha value is -0.380. The monoisotopic (exact) mass is 255 g/mol. The Kier molecular flexibility index (Phi) is 6.17. The predicted molar refractivity (Wildman–Crippen MR) is 75.6 cm³/mol. The van der Waals surface area contributed by atoms with Gasteiger partial charge in [0.25, 0.3) is 0 Å². The fourth-order valence-corrected chi connectivity index (χ4v) is 2.84. The second kappa shape index (κ2) is 7.14. The highest BCUT2D eigenvalue weighted by Crippen LogP contribution is 2.23. The van der Waals surface area contributed by atoms with Gasteiger partial charge in [-0.05, 0) is 37.8 Å². The van der Waals surface area contributed by atoms with Gasteiger partial charge in [-0.3, -0.25) is 0 Å². The largest absolute Gasteiger partial charge is 0.392 e. The summed E-state index contributed by atoms with van der Waals surface area (Å²) >= 11 is 1.86. The van der Waals surface area contributed by atoms with E-state index in [1.165, 1.54) is 9.75 Å². The molecule has 0 saturated carbocycles. The number of hydrogen-bond acceptors (Lipinski definition) is 3. The van der Waals surface area contributed by atoms with Gasteiger partial charge in [0.15, 0.2) is 0 Å². The first-order valence-electron chi connectivity index (χ1n) is 6.53. The van der Waals surface area contributed by atoms with Crippen molar-refractivity contribution in [3.63, 3.8) is 0 Å². The first-order valence-corrected chi connectivity index (χ1v) is 7.34. The van der Waals surface area contributed by atoms with Gasteiger partial charge in [0.2, 0.25) is 0 Å². The molecule has 0 bridgehead atoms. The summed E-state index contributed by atoms with van der Waals surface area (Å²) in [6.45, 7) is 9.30. The molecule has 0 radical (unpaired) electrons. The Balaban J connectivity index is 2.36. The van der Waals surface area contributed by atoms with E-state index in [9.17, 15) is 5.11 Å². The average Bonchev–Trinajstić information content (AvgIpc) is 2.73. The third-order valence-electron chi connectivity index (χ3n) is 2.86. The lowest BCUT2D eigenvalue weighted by Gasteiger charge is -2.17. The van der Waals surface area contributed by atoms with E-state index in [0.717, 1.165) is 12.8 Å². The molecule has 1 rings (SSSR count). The number of aliphatic hydroxyl groups excluding tert-OH is 1. The summed E-state index contributed by atoms with van der Waals surface area (Å²) in [5.74, 6) is 0.551. The lowest BCUT2D eigenvalue weighted by Crippen LogP contribution is -2.29. The fraction of sp³-hybridized carbons (Fsp3) is 0.714. The second-order valence-electron chi connectivity index (χ2n) is 5.07. The van der Waals surface area contributed by atoms with Crippen LogP contribution in [0.4, 0.5) is 0 Å². The van der Waals surface area contributed by atoms with Crippen molar-refractivity contribution < 1.29 is 5.11 Å². The maximum atomic E-state index is 9.81. The number of rotatable bonds is 7. The molecule has 17 heavy (non-hydrogen) atoms. The molecule has 1 aromatic rings.